The lowest BCUT2D eigenvalue weighted by molar-refractivity contribution is 0.0920. The molecule has 6 heteroatoms. The Bertz CT molecular complexity index is 686. The van der Waals surface area contributed by atoms with E-state index in [1.165, 1.54) is 0 Å². The van der Waals surface area contributed by atoms with Crippen molar-refractivity contribution in [1.82, 2.24) is 5.32 Å². The monoisotopic (exact) mass is 334 g/mol. The van der Waals surface area contributed by atoms with Crippen molar-refractivity contribution in [3.05, 3.63) is 47.4 Å². The number of halogens is 1. The molecule has 0 spiro atoms. The molecule has 1 atom stereocenters. The van der Waals surface area contributed by atoms with Crippen LogP contribution in [0.1, 0.15) is 17.0 Å². The van der Waals surface area contributed by atoms with Crippen LogP contribution in [0.3, 0.4) is 0 Å². The Balaban J connectivity index is 1.52. The van der Waals surface area contributed by atoms with E-state index >= 15 is 0 Å². The first kappa shape index (κ1) is 15.7. The first-order valence-corrected chi connectivity index (χ1v) is 7.96. The molecule has 5 nitrogen and oxygen atoms in total. The van der Waals surface area contributed by atoms with Gasteiger partial charge in [-0.3, -0.25) is 4.79 Å². The van der Waals surface area contributed by atoms with Crippen LogP contribution in [0.25, 0.3) is 0 Å². The summed E-state index contributed by atoms with van der Waals surface area (Å²) in [6.07, 6.45) is 1.04. The van der Waals surface area contributed by atoms with Crippen molar-refractivity contribution in [2.75, 3.05) is 31.6 Å². The van der Waals surface area contributed by atoms with Crippen LogP contribution < -0.4 is 15.0 Å². The number of methoxy groups -OCH3 is 1. The number of anilines is 1. The first-order chi connectivity index (χ1) is 11.2. The van der Waals surface area contributed by atoms with Gasteiger partial charge in [0.2, 0.25) is 0 Å². The van der Waals surface area contributed by atoms with Crippen LogP contribution in [-0.4, -0.2) is 32.7 Å². The molecule has 1 aliphatic rings. The molecule has 1 N–H and O–H groups in total. The number of carbonyl (C=O) groups excluding carboxylic acids is 1. The van der Waals surface area contributed by atoms with Gasteiger partial charge in [-0.05, 0) is 48.2 Å². The van der Waals surface area contributed by atoms with E-state index in [9.17, 15) is 4.79 Å². The Morgan fingerprint density at radius 1 is 1.43 bits per heavy atom. The number of amides is 1. The maximum absolute atomic E-state index is 12.0. The minimum atomic E-state index is -0.225. The van der Waals surface area contributed by atoms with Gasteiger partial charge in [0.05, 0.1) is 7.11 Å². The lowest BCUT2D eigenvalue weighted by Crippen LogP contribution is -2.30. The minimum absolute atomic E-state index is 0.222. The average molecular weight is 335 g/mol. The van der Waals surface area contributed by atoms with Crippen molar-refractivity contribution < 1.29 is 13.9 Å². The number of ether oxygens (including phenoxy) is 1. The topological polar surface area (TPSA) is 54.7 Å². The van der Waals surface area contributed by atoms with E-state index in [2.05, 4.69) is 16.3 Å². The van der Waals surface area contributed by atoms with E-state index in [1.807, 2.05) is 18.2 Å². The number of benzene rings is 1. The maximum atomic E-state index is 12.0. The van der Waals surface area contributed by atoms with Gasteiger partial charge in [0.15, 0.2) is 11.0 Å². The van der Waals surface area contributed by atoms with Gasteiger partial charge >= 0.3 is 0 Å². The standard InChI is InChI=1S/C17H19ClN2O3/c1-22-14-4-2-3-13(9-14)20-8-7-12(11-20)10-19-17(21)15-5-6-16(18)23-15/h2-6,9,12H,7-8,10-11H2,1H3,(H,19,21). The highest BCUT2D eigenvalue weighted by molar-refractivity contribution is 6.29. The molecule has 1 aromatic heterocycles. The Morgan fingerprint density at radius 2 is 2.30 bits per heavy atom. The smallest absolute Gasteiger partial charge is 0.287 e. The summed E-state index contributed by atoms with van der Waals surface area (Å²) in [4.78, 5) is 14.3. The van der Waals surface area contributed by atoms with Crippen molar-refractivity contribution in [2.24, 2.45) is 5.92 Å². The Morgan fingerprint density at radius 3 is 3.04 bits per heavy atom. The summed E-state index contributed by atoms with van der Waals surface area (Å²) in [5, 5.41) is 3.13. The van der Waals surface area contributed by atoms with Crippen molar-refractivity contribution in [3.63, 3.8) is 0 Å². The summed E-state index contributed by atoms with van der Waals surface area (Å²) in [6, 6.07) is 11.2. The second kappa shape index (κ2) is 6.96. The molecule has 2 aromatic rings. The van der Waals surface area contributed by atoms with Gasteiger partial charge in [-0.15, -0.1) is 0 Å². The van der Waals surface area contributed by atoms with Gasteiger partial charge in [-0.1, -0.05) is 6.07 Å². The number of hydrogen-bond donors (Lipinski definition) is 1. The molecule has 0 saturated carbocycles. The Kier molecular flexibility index (Phi) is 4.76. The van der Waals surface area contributed by atoms with E-state index in [4.69, 9.17) is 20.8 Å². The predicted octanol–water partition coefficient (Wildman–Crippen LogP) is 3.20. The Hall–Kier alpha value is -2.14. The lowest BCUT2D eigenvalue weighted by atomic mass is 10.1. The van der Waals surface area contributed by atoms with E-state index in [-0.39, 0.29) is 16.9 Å². The molecule has 0 bridgehead atoms. The zero-order valence-corrected chi connectivity index (χ0v) is 13.7. The summed E-state index contributed by atoms with van der Waals surface area (Å²) in [5.41, 5.74) is 1.15. The van der Waals surface area contributed by atoms with Crippen LogP contribution in [0.15, 0.2) is 40.8 Å². The second-order valence-electron chi connectivity index (χ2n) is 5.62. The highest BCUT2D eigenvalue weighted by Gasteiger charge is 2.24. The number of furan rings is 1. The normalized spacial score (nSPS) is 17.3. The molecule has 1 fully saturated rings. The van der Waals surface area contributed by atoms with Crippen LogP contribution in [0, 0.1) is 5.92 Å². The zero-order chi connectivity index (χ0) is 16.2. The van der Waals surface area contributed by atoms with Crippen LogP contribution in [0.5, 0.6) is 5.75 Å². The molecule has 0 radical (unpaired) electrons. The summed E-state index contributed by atoms with van der Waals surface area (Å²) in [5.74, 6) is 1.29. The largest absolute Gasteiger partial charge is 0.497 e. The molecular formula is C17H19ClN2O3. The predicted molar refractivity (Wildman–Crippen MR) is 89.4 cm³/mol. The number of nitrogens with zero attached hydrogens (tertiary/aromatic N) is 1. The maximum Gasteiger partial charge on any atom is 0.287 e. The SMILES string of the molecule is COc1cccc(N2CCC(CNC(=O)c3ccc(Cl)o3)C2)c1. The molecular weight excluding hydrogens is 316 g/mol. The van der Waals surface area contributed by atoms with E-state index in [1.54, 1.807) is 19.2 Å². The van der Waals surface area contributed by atoms with Crippen molar-refractivity contribution >= 4 is 23.2 Å². The molecule has 3 rings (SSSR count). The third kappa shape index (κ3) is 3.79. The zero-order valence-electron chi connectivity index (χ0n) is 12.9. The summed E-state index contributed by atoms with van der Waals surface area (Å²) in [7, 11) is 1.67. The molecule has 0 aliphatic carbocycles. The number of nitrogens with one attached hydrogen (secondary N) is 1. The molecule has 1 unspecified atom stereocenters. The van der Waals surface area contributed by atoms with E-state index in [0.29, 0.717) is 12.5 Å². The van der Waals surface area contributed by atoms with Crippen molar-refractivity contribution in [3.8, 4) is 5.75 Å². The molecule has 2 heterocycles. The molecule has 1 aromatic carbocycles. The van der Waals surface area contributed by atoms with E-state index in [0.717, 1.165) is 30.9 Å². The van der Waals surface area contributed by atoms with Gasteiger partial charge in [0.1, 0.15) is 5.75 Å². The van der Waals surface area contributed by atoms with Crippen LogP contribution in [0.4, 0.5) is 5.69 Å². The van der Waals surface area contributed by atoms with Gasteiger partial charge < -0.3 is 19.4 Å². The fourth-order valence-corrected chi connectivity index (χ4v) is 2.95. The highest BCUT2D eigenvalue weighted by atomic mass is 35.5. The lowest BCUT2D eigenvalue weighted by Gasteiger charge is -2.19. The third-order valence-corrected chi connectivity index (χ3v) is 4.26. The number of rotatable bonds is 5. The molecule has 1 amide bonds. The van der Waals surface area contributed by atoms with Crippen LogP contribution >= 0.6 is 11.6 Å². The van der Waals surface area contributed by atoms with Gasteiger partial charge in [-0.2, -0.15) is 0 Å². The average Bonchev–Trinajstić information content (AvgIpc) is 3.22. The van der Waals surface area contributed by atoms with Crippen LogP contribution in [0.2, 0.25) is 5.22 Å². The Labute approximate surface area is 140 Å². The van der Waals surface area contributed by atoms with E-state index < -0.39 is 0 Å². The minimum Gasteiger partial charge on any atom is -0.497 e. The fourth-order valence-electron chi connectivity index (χ4n) is 2.80. The summed E-state index contributed by atoms with van der Waals surface area (Å²) >= 11 is 5.68. The van der Waals surface area contributed by atoms with Gasteiger partial charge in [0.25, 0.3) is 5.91 Å². The number of carbonyl (C=O) groups is 1. The van der Waals surface area contributed by atoms with Crippen LogP contribution in [-0.2, 0) is 0 Å². The third-order valence-electron chi connectivity index (χ3n) is 4.05. The quantitative estimate of drug-likeness (QED) is 0.912. The van der Waals surface area contributed by atoms with Crippen molar-refractivity contribution in [2.45, 2.75) is 6.42 Å². The molecule has 122 valence electrons. The highest BCUT2D eigenvalue weighted by Crippen LogP contribution is 2.26. The number of hydrogen-bond acceptors (Lipinski definition) is 4. The fraction of sp³-hybridized carbons (Fsp3) is 0.353. The summed E-state index contributed by atoms with van der Waals surface area (Å²) in [6.45, 7) is 2.50. The van der Waals surface area contributed by atoms with Crippen molar-refractivity contribution in [1.29, 1.82) is 0 Å². The molecule has 23 heavy (non-hydrogen) atoms. The molecule has 1 aliphatic heterocycles. The molecule has 1 saturated heterocycles. The van der Waals surface area contributed by atoms with Gasteiger partial charge in [-0.25, -0.2) is 0 Å². The van der Waals surface area contributed by atoms with Gasteiger partial charge in [0, 0.05) is 31.4 Å². The summed E-state index contributed by atoms with van der Waals surface area (Å²) < 4.78 is 10.4. The first-order valence-electron chi connectivity index (χ1n) is 7.58. The second-order valence-corrected chi connectivity index (χ2v) is 5.99.